The Hall–Kier alpha value is 0.0969. The smallest absolute Gasteiger partial charge is 0.184 e. The predicted molar refractivity (Wildman–Crippen MR) is 63.7 cm³/mol. The van der Waals surface area contributed by atoms with Crippen molar-refractivity contribution in [2.24, 2.45) is 0 Å². The minimum absolute atomic E-state index is 0.373. The second-order valence-corrected chi connectivity index (χ2v) is 9.67. The molecular formula is C11H24O3Si. The van der Waals surface area contributed by atoms with Crippen molar-refractivity contribution in [1.82, 2.24) is 0 Å². The van der Waals surface area contributed by atoms with Crippen LogP contribution in [0.25, 0.3) is 0 Å². The second kappa shape index (κ2) is 5.99. The van der Waals surface area contributed by atoms with Gasteiger partial charge in [0, 0.05) is 12.7 Å². The van der Waals surface area contributed by atoms with Gasteiger partial charge in [0.05, 0.1) is 13.2 Å². The first-order chi connectivity index (χ1) is 6.97. The number of ether oxygens (including phenoxy) is 2. The highest BCUT2D eigenvalue weighted by Crippen LogP contribution is 2.12. The Morgan fingerprint density at radius 2 is 2.07 bits per heavy atom. The summed E-state index contributed by atoms with van der Waals surface area (Å²) in [6, 6.07) is 0. The molecule has 3 nitrogen and oxygen atoms in total. The average molecular weight is 232 g/mol. The fourth-order valence-electron chi connectivity index (χ4n) is 1.51. The highest BCUT2D eigenvalue weighted by Gasteiger charge is 2.22. The molecule has 0 aromatic heterocycles. The van der Waals surface area contributed by atoms with Gasteiger partial charge in [-0.3, -0.25) is 0 Å². The maximum Gasteiger partial charge on any atom is 0.184 e. The molecule has 1 aliphatic heterocycles. The number of hydrogen-bond donors (Lipinski definition) is 0. The van der Waals surface area contributed by atoms with Gasteiger partial charge in [0.1, 0.15) is 6.10 Å². The van der Waals surface area contributed by atoms with E-state index in [4.69, 9.17) is 13.9 Å². The molecule has 15 heavy (non-hydrogen) atoms. The van der Waals surface area contributed by atoms with E-state index in [-0.39, 0.29) is 0 Å². The number of epoxide rings is 1. The zero-order chi connectivity index (χ0) is 11.3. The SMILES string of the molecule is CC(CCCOCC1CO1)O[Si](C)(C)C. The lowest BCUT2D eigenvalue weighted by atomic mass is 10.2. The van der Waals surface area contributed by atoms with Crippen LogP contribution in [0.2, 0.25) is 19.6 Å². The number of hydrogen-bond acceptors (Lipinski definition) is 3. The maximum absolute atomic E-state index is 5.94. The van der Waals surface area contributed by atoms with Gasteiger partial charge in [-0.2, -0.15) is 0 Å². The second-order valence-electron chi connectivity index (χ2n) is 5.21. The minimum atomic E-state index is -1.36. The Labute approximate surface area is 94.2 Å². The summed E-state index contributed by atoms with van der Waals surface area (Å²) in [5, 5.41) is 0. The Kier molecular flexibility index (Phi) is 5.25. The lowest BCUT2D eigenvalue weighted by Gasteiger charge is -2.23. The molecule has 1 fully saturated rings. The van der Waals surface area contributed by atoms with Crippen LogP contribution in [-0.2, 0) is 13.9 Å². The lowest BCUT2D eigenvalue weighted by molar-refractivity contribution is 0.102. The van der Waals surface area contributed by atoms with Crippen LogP contribution in [-0.4, -0.2) is 40.3 Å². The van der Waals surface area contributed by atoms with E-state index in [0.29, 0.717) is 12.2 Å². The fraction of sp³-hybridized carbons (Fsp3) is 1.00. The topological polar surface area (TPSA) is 31.0 Å². The van der Waals surface area contributed by atoms with E-state index in [9.17, 15) is 0 Å². The van der Waals surface area contributed by atoms with Gasteiger partial charge in [-0.15, -0.1) is 0 Å². The van der Waals surface area contributed by atoms with E-state index >= 15 is 0 Å². The van der Waals surface area contributed by atoms with Gasteiger partial charge in [-0.05, 0) is 39.4 Å². The molecule has 0 radical (unpaired) electrons. The summed E-state index contributed by atoms with van der Waals surface area (Å²) >= 11 is 0. The Morgan fingerprint density at radius 3 is 2.60 bits per heavy atom. The summed E-state index contributed by atoms with van der Waals surface area (Å²) < 4.78 is 16.5. The highest BCUT2D eigenvalue weighted by molar-refractivity contribution is 6.69. The summed E-state index contributed by atoms with van der Waals surface area (Å²) in [6.45, 7) is 11.3. The third-order valence-electron chi connectivity index (χ3n) is 2.16. The van der Waals surface area contributed by atoms with Crippen LogP contribution in [0.3, 0.4) is 0 Å². The molecule has 0 aromatic rings. The maximum atomic E-state index is 5.94. The van der Waals surface area contributed by atoms with Gasteiger partial charge in [-0.25, -0.2) is 0 Å². The van der Waals surface area contributed by atoms with Crippen molar-refractivity contribution in [3.05, 3.63) is 0 Å². The van der Waals surface area contributed by atoms with E-state index in [0.717, 1.165) is 32.7 Å². The predicted octanol–water partition coefficient (Wildman–Crippen LogP) is 2.42. The molecule has 1 rings (SSSR count). The molecule has 1 aliphatic rings. The monoisotopic (exact) mass is 232 g/mol. The Morgan fingerprint density at radius 1 is 1.40 bits per heavy atom. The third-order valence-corrected chi connectivity index (χ3v) is 3.27. The van der Waals surface area contributed by atoms with Crippen molar-refractivity contribution < 1.29 is 13.9 Å². The lowest BCUT2D eigenvalue weighted by Crippen LogP contribution is -2.30. The molecule has 0 aliphatic carbocycles. The van der Waals surface area contributed by atoms with Crippen molar-refractivity contribution in [2.75, 3.05) is 19.8 Å². The van der Waals surface area contributed by atoms with Crippen molar-refractivity contribution in [1.29, 1.82) is 0 Å². The van der Waals surface area contributed by atoms with Gasteiger partial charge < -0.3 is 13.9 Å². The largest absolute Gasteiger partial charge is 0.415 e. The van der Waals surface area contributed by atoms with E-state index < -0.39 is 8.32 Å². The van der Waals surface area contributed by atoms with Crippen LogP contribution in [0.5, 0.6) is 0 Å². The molecule has 0 N–H and O–H groups in total. The Balaban J connectivity index is 1.89. The normalized spacial score (nSPS) is 22.8. The van der Waals surface area contributed by atoms with Crippen molar-refractivity contribution in [3.63, 3.8) is 0 Å². The first-order valence-electron chi connectivity index (χ1n) is 5.84. The summed E-state index contributed by atoms with van der Waals surface area (Å²) in [5.41, 5.74) is 0. The molecule has 0 bridgehead atoms. The van der Waals surface area contributed by atoms with Crippen molar-refractivity contribution >= 4 is 8.32 Å². The van der Waals surface area contributed by atoms with E-state index in [1.807, 2.05) is 0 Å². The van der Waals surface area contributed by atoms with Gasteiger partial charge in [0.2, 0.25) is 0 Å². The number of rotatable bonds is 8. The molecule has 1 heterocycles. The highest BCUT2D eigenvalue weighted by atomic mass is 28.4. The van der Waals surface area contributed by atoms with Crippen LogP contribution in [0.4, 0.5) is 0 Å². The molecule has 4 heteroatoms. The average Bonchev–Trinajstić information content (AvgIpc) is 2.83. The third kappa shape index (κ3) is 7.96. The molecule has 0 saturated carbocycles. The summed E-state index contributed by atoms with van der Waals surface area (Å²) in [7, 11) is -1.36. The molecular weight excluding hydrogens is 208 g/mol. The van der Waals surface area contributed by atoms with Crippen LogP contribution in [0, 0.1) is 0 Å². The summed E-state index contributed by atoms with van der Waals surface area (Å²) in [6.07, 6.45) is 2.94. The van der Waals surface area contributed by atoms with Crippen LogP contribution in [0.15, 0.2) is 0 Å². The Bertz CT molecular complexity index is 175. The molecule has 1 saturated heterocycles. The van der Waals surface area contributed by atoms with Gasteiger partial charge in [0.15, 0.2) is 8.32 Å². The quantitative estimate of drug-likeness (QED) is 0.366. The summed E-state index contributed by atoms with van der Waals surface area (Å²) in [5.74, 6) is 0. The summed E-state index contributed by atoms with van der Waals surface area (Å²) in [4.78, 5) is 0. The van der Waals surface area contributed by atoms with E-state index in [1.165, 1.54) is 0 Å². The van der Waals surface area contributed by atoms with Gasteiger partial charge in [0.25, 0.3) is 0 Å². The first-order valence-corrected chi connectivity index (χ1v) is 9.25. The van der Waals surface area contributed by atoms with Crippen molar-refractivity contribution in [3.8, 4) is 0 Å². The zero-order valence-electron chi connectivity index (χ0n) is 10.4. The van der Waals surface area contributed by atoms with Crippen molar-refractivity contribution in [2.45, 2.75) is 51.6 Å². The zero-order valence-corrected chi connectivity index (χ0v) is 11.4. The molecule has 0 aromatic carbocycles. The molecule has 90 valence electrons. The molecule has 0 amide bonds. The van der Waals surface area contributed by atoms with Gasteiger partial charge >= 0.3 is 0 Å². The fourth-order valence-corrected chi connectivity index (χ4v) is 2.84. The van der Waals surface area contributed by atoms with Crippen LogP contribution in [0.1, 0.15) is 19.8 Å². The standard InChI is InChI=1S/C11H24O3Si/c1-10(14-15(2,3)4)6-5-7-12-8-11-9-13-11/h10-11H,5-9H2,1-4H3. The van der Waals surface area contributed by atoms with E-state index in [2.05, 4.69) is 26.6 Å². The molecule has 0 spiro atoms. The van der Waals surface area contributed by atoms with Crippen LogP contribution >= 0.6 is 0 Å². The first kappa shape index (κ1) is 13.2. The van der Waals surface area contributed by atoms with Crippen LogP contribution < -0.4 is 0 Å². The minimum Gasteiger partial charge on any atom is -0.415 e. The van der Waals surface area contributed by atoms with Gasteiger partial charge in [-0.1, -0.05) is 0 Å². The molecule has 2 unspecified atom stereocenters. The van der Waals surface area contributed by atoms with E-state index in [1.54, 1.807) is 0 Å². The molecule has 2 atom stereocenters.